The lowest BCUT2D eigenvalue weighted by Crippen LogP contribution is -2.27. The summed E-state index contributed by atoms with van der Waals surface area (Å²) in [6, 6.07) is 22.7. The van der Waals surface area contributed by atoms with Crippen LogP contribution in [0.3, 0.4) is 0 Å². The molecule has 32 heavy (non-hydrogen) atoms. The van der Waals surface area contributed by atoms with E-state index in [0.717, 1.165) is 16.7 Å². The molecule has 1 heterocycles. The van der Waals surface area contributed by atoms with E-state index in [0.29, 0.717) is 29.7 Å². The van der Waals surface area contributed by atoms with Crippen molar-refractivity contribution in [1.82, 2.24) is 9.78 Å². The predicted molar refractivity (Wildman–Crippen MR) is 123 cm³/mol. The summed E-state index contributed by atoms with van der Waals surface area (Å²) in [6.07, 6.45) is 1.98. The molecule has 0 bridgehead atoms. The minimum Gasteiger partial charge on any atom is -0.267 e. The maximum absolute atomic E-state index is 13.4. The Labute approximate surface area is 186 Å². The van der Waals surface area contributed by atoms with Crippen molar-refractivity contribution < 1.29 is 12.8 Å². The van der Waals surface area contributed by atoms with Gasteiger partial charge in [0.2, 0.25) is 0 Å². The van der Waals surface area contributed by atoms with Gasteiger partial charge in [-0.25, -0.2) is 17.5 Å². The van der Waals surface area contributed by atoms with Crippen molar-refractivity contribution in [2.24, 2.45) is 0 Å². The number of hydrogen-bond donors (Lipinski definition) is 1. The van der Waals surface area contributed by atoms with Crippen LogP contribution in [0.4, 0.5) is 4.39 Å². The SMILES string of the molecule is O=c1c(Cc2ccc(F)cc2)c(-c2ccc(C[SH](=O)=O)cc2)cnn1Cc1ccccc1. The minimum absolute atomic E-state index is 0.0328. The number of rotatable bonds is 7. The molecule has 0 radical (unpaired) electrons. The minimum atomic E-state index is -2.51. The molecule has 0 saturated carbocycles. The molecular weight excluding hydrogens is 427 g/mol. The summed E-state index contributed by atoms with van der Waals surface area (Å²) in [5, 5.41) is 4.38. The number of thiol groups is 1. The number of benzene rings is 3. The first-order chi connectivity index (χ1) is 15.5. The first-order valence-electron chi connectivity index (χ1n) is 10.1. The van der Waals surface area contributed by atoms with E-state index in [-0.39, 0.29) is 17.1 Å². The Balaban J connectivity index is 1.76. The highest BCUT2D eigenvalue weighted by atomic mass is 32.2. The first-order valence-corrected chi connectivity index (χ1v) is 11.4. The zero-order chi connectivity index (χ0) is 22.5. The quantitative estimate of drug-likeness (QED) is 0.437. The Kier molecular flexibility index (Phi) is 6.56. The Morgan fingerprint density at radius 1 is 0.812 bits per heavy atom. The normalized spacial score (nSPS) is 11.1. The van der Waals surface area contributed by atoms with Gasteiger partial charge >= 0.3 is 0 Å². The predicted octanol–water partition coefficient (Wildman–Crippen LogP) is 3.80. The molecule has 0 saturated heterocycles. The zero-order valence-corrected chi connectivity index (χ0v) is 18.0. The molecule has 0 amide bonds. The Bertz CT molecular complexity index is 1340. The summed E-state index contributed by atoms with van der Waals surface area (Å²) in [6.45, 7) is 0.339. The summed E-state index contributed by atoms with van der Waals surface area (Å²) in [5.41, 5.74) is 4.20. The molecule has 3 aromatic carbocycles. The highest BCUT2D eigenvalue weighted by Crippen LogP contribution is 2.24. The van der Waals surface area contributed by atoms with Gasteiger partial charge in [-0.3, -0.25) is 4.79 Å². The summed E-state index contributed by atoms with van der Waals surface area (Å²) < 4.78 is 36.8. The van der Waals surface area contributed by atoms with E-state index in [4.69, 9.17) is 0 Å². The average Bonchev–Trinajstić information content (AvgIpc) is 2.79. The molecule has 0 atom stereocenters. The van der Waals surface area contributed by atoms with E-state index in [9.17, 15) is 17.6 Å². The molecule has 0 aliphatic heterocycles. The summed E-state index contributed by atoms with van der Waals surface area (Å²) >= 11 is 0. The molecular formula is C25H21FN2O3S. The highest BCUT2D eigenvalue weighted by Gasteiger charge is 2.15. The molecule has 0 unspecified atom stereocenters. The molecule has 0 spiro atoms. The Hall–Kier alpha value is -3.58. The van der Waals surface area contributed by atoms with Gasteiger partial charge in [0.1, 0.15) is 16.5 Å². The van der Waals surface area contributed by atoms with Gasteiger partial charge in [-0.15, -0.1) is 0 Å². The largest absolute Gasteiger partial charge is 0.271 e. The molecule has 7 heteroatoms. The number of halogens is 1. The Morgan fingerprint density at radius 3 is 2.12 bits per heavy atom. The average molecular weight is 449 g/mol. The summed E-state index contributed by atoms with van der Waals surface area (Å²) in [7, 11) is -2.51. The van der Waals surface area contributed by atoms with Crippen LogP contribution in [0.1, 0.15) is 22.3 Å². The van der Waals surface area contributed by atoms with Crippen LogP contribution >= 0.6 is 0 Å². The zero-order valence-electron chi connectivity index (χ0n) is 17.1. The molecule has 0 aliphatic rings. The summed E-state index contributed by atoms with van der Waals surface area (Å²) in [4.78, 5) is 13.4. The second-order valence-electron chi connectivity index (χ2n) is 7.48. The molecule has 0 N–H and O–H groups in total. The maximum atomic E-state index is 13.4. The molecule has 5 nitrogen and oxygen atoms in total. The van der Waals surface area contributed by atoms with E-state index in [1.165, 1.54) is 16.8 Å². The van der Waals surface area contributed by atoms with Gasteiger partial charge in [-0.2, -0.15) is 5.10 Å². The maximum Gasteiger partial charge on any atom is 0.271 e. The van der Waals surface area contributed by atoms with Crippen LogP contribution in [0, 0.1) is 5.82 Å². The molecule has 1 aromatic heterocycles. The topological polar surface area (TPSA) is 69.0 Å². The van der Waals surface area contributed by atoms with Crippen LogP contribution in [-0.2, 0) is 29.4 Å². The van der Waals surface area contributed by atoms with Gasteiger partial charge in [0.25, 0.3) is 5.56 Å². The van der Waals surface area contributed by atoms with Gasteiger partial charge in [-0.1, -0.05) is 66.7 Å². The third-order valence-electron chi connectivity index (χ3n) is 5.19. The molecule has 162 valence electrons. The van der Waals surface area contributed by atoms with Gasteiger partial charge in [-0.05, 0) is 34.4 Å². The molecule has 4 aromatic rings. The van der Waals surface area contributed by atoms with Gasteiger partial charge < -0.3 is 0 Å². The lowest BCUT2D eigenvalue weighted by atomic mass is 9.97. The van der Waals surface area contributed by atoms with E-state index < -0.39 is 10.7 Å². The van der Waals surface area contributed by atoms with Gasteiger partial charge in [0.15, 0.2) is 0 Å². The standard InChI is InChI=1S/C25H21FN2O3S/c26-22-12-8-18(9-13-22)14-23-24(21-10-6-20(7-11-21)17-32(30)31)15-27-28(25(23)29)16-19-4-2-1-3-5-19/h1-13,15,32H,14,16-17H2. The van der Waals surface area contributed by atoms with E-state index >= 15 is 0 Å². The Morgan fingerprint density at radius 2 is 1.47 bits per heavy atom. The number of nitrogens with zero attached hydrogens (tertiary/aromatic N) is 2. The van der Waals surface area contributed by atoms with Crippen LogP contribution in [0.15, 0.2) is 89.9 Å². The van der Waals surface area contributed by atoms with Crippen molar-refractivity contribution in [3.8, 4) is 11.1 Å². The van der Waals surface area contributed by atoms with E-state index in [1.807, 2.05) is 30.3 Å². The fourth-order valence-electron chi connectivity index (χ4n) is 3.56. The molecule has 4 rings (SSSR count). The highest BCUT2D eigenvalue weighted by molar-refractivity contribution is 7.71. The van der Waals surface area contributed by atoms with Crippen molar-refractivity contribution in [2.45, 2.75) is 18.7 Å². The van der Waals surface area contributed by atoms with Crippen LogP contribution in [0.2, 0.25) is 0 Å². The van der Waals surface area contributed by atoms with E-state index in [2.05, 4.69) is 5.10 Å². The van der Waals surface area contributed by atoms with Gasteiger partial charge in [0.05, 0.1) is 18.5 Å². The second kappa shape index (κ2) is 9.70. The number of aromatic nitrogens is 2. The fourth-order valence-corrected chi connectivity index (χ4v) is 4.07. The van der Waals surface area contributed by atoms with Crippen molar-refractivity contribution >= 4 is 10.7 Å². The van der Waals surface area contributed by atoms with Crippen molar-refractivity contribution in [1.29, 1.82) is 0 Å². The van der Waals surface area contributed by atoms with Crippen LogP contribution in [0.5, 0.6) is 0 Å². The van der Waals surface area contributed by atoms with Crippen LogP contribution < -0.4 is 5.56 Å². The van der Waals surface area contributed by atoms with Crippen LogP contribution in [0.25, 0.3) is 11.1 Å². The van der Waals surface area contributed by atoms with Crippen molar-refractivity contribution in [2.75, 3.05) is 0 Å². The van der Waals surface area contributed by atoms with Gasteiger partial charge in [0, 0.05) is 17.5 Å². The second-order valence-corrected chi connectivity index (χ2v) is 8.46. The summed E-state index contributed by atoms with van der Waals surface area (Å²) in [5.74, 6) is -0.368. The molecule has 0 fully saturated rings. The lowest BCUT2D eigenvalue weighted by Gasteiger charge is -2.13. The molecule has 0 aliphatic carbocycles. The van der Waals surface area contributed by atoms with Crippen molar-refractivity contribution in [3.63, 3.8) is 0 Å². The van der Waals surface area contributed by atoms with Crippen molar-refractivity contribution in [3.05, 3.63) is 123 Å². The van der Waals surface area contributed by atoms with E-state index in [1.54, 1.807) is 42.6 Å². The number of hydrogen-bond acceptors (Lipinski definition) is 4. The first kappa shape index (κ1) is 21.6. The third-order valence-corrected chi connectivity index (χ3v) is 5.81. The third kappa shape index (κ3) is 5.18. The van der Waals surface area contributed by atoms with Crippen LogP contribution in [-0.4, -0.2) is 18.2 Å². The monoisotopic (exact) mass is 448 g/mol. The smallest absolute Gasteiger partial charge is 0.267 e. The fraction of sp³-hybridized carbons (Fsp3) is 0.120. The lowest BCUT2D eigenvalue weighted by molar-refractivity contribution is 0.614.